The summed E-state index contributed by atoms with van der Waals surface area (Å²) in [5.41, 5.74) is 6.12. The van der Waals surface area contributed by atoms with Crippen LogP contribution in [0.15, 0.2) is 17.0 Å². The molecule has 0 spiro atoms. The first kappa shape index (κ1) is 15.7. The van der Waals surface area contributed by atoms with Gasteiger partial charge in [-0.25, -0.2) is 13.1 Å². The molecule has 0 amide bonds. The molecule has 1 aromatic carbocycles. The van der Waals surface area contributed by atoms with Crippen LogP contribution in [0.3, 0.4) is 0 Å². The van der Waals surface area contributed by atoms with E-state index in [0.717, 1.165) is 0 Å². The molecule has 0 bridgehead atoms. The van der Waals surface area contributed by atoms with Gasteiger partial charge in [-0.15, -0.1) is 0 Å². The normalized spacial score (nSPS) is 13.1. The van der Waals surface area contributed by atoms with Crippen molar-refractivity contribution in [1.82, 2.24) is 4.72 Å². The molecule has 0 aliphatic heterocycles. The second-order valence-electron chi connectivity index (χ2n) is 4.30. The minimum Gasteiger partial charge on any atom is -0.493 e. The maximum atomic E-state index is 12.2. The first-order chi connectivity index (χ1) is 8.81. The molecule has 1 atom stereocenters. The summed E-state index contributed by atoms with van der Waals surface area (Å²) in [6, 6.07) is 2.81. The molecule has 0 fully saturated rings. The van der Waals surface area contributed by atoms with Gasteiger partial charge in [0.1, 0.15) is 0 Å². The zero-order valence-electron chi connectivity index (χ0n) is 11.6. The van der Waals surface area contributed by atoms with Gasteiger partial charge in [0.25, 0.3) is 0 Å². The van der Waals surface area contributed by atoms with E-state index in [1.165, 1.54) is 20.3 Å². The fourth-order valence-electron chi connectivity index (χ4n) is 1.57. The van der Waals surface area contributed by atoms with Crippen molar-refractivity contribution in [3.05, 3.63) is 17.7 Å². The summed E-state index contributed by atoms with van der Waals surface area (Å²) >= 11 is 0. The summed E-state index contributed by atoms with van der Waals surface area (Å²) < 4.78 is 37.0. The molecule has 1 aromatic rings. The van der Waals surface area contributed by atoms with Crippen molar-refractivity contribution in [3.8, 4) is 11.5 Å². The van der Waals surface area contributed by atoms with Gasteiger partial charge in [-0.1, -0.05) is 0 Å². The predicted molar refractivity (Wildman–Crippen MR) is 73.1 cm³/mol. The number of hydrogen-bond acceptors (Lipinski definition) is 5. The van der Waals surface area contributed by atoms with Crippen molar-refractivity contribution >= 4 is 10.0 Å². The summed E-state index contributed by atoms with van der Waals surface area (Å²) in [5, 5.41) is 0. The summed E-state index contributed by atoms with van der Waals surface area (Å²) in [5.74, 6) is 0.861. The van der Waals surface area contributed by atoms with E-state index in [1.807, 2.05) is 0 Å². The summed E-state index contributed by atoms with van der Waals surface area (Å²) in [6.45, 7) is 3.60. The van der Waals surface area contributed by atoms with Gasteiger partial charge in [-0.3, -0.25) is 0 Å². The van der Waals surface area contributed by atoms with Crippen LogP contribution in [0.1, 0.15) is 12.5 Å². The molecule has 0 heterocycles. The van der Waals surface area contributed by atoms with Crippen molar-refractivity contribution in [1.29, 1.82) is 0 Å². The number of rotatable bonds is 6. The van der Waals surface area contributed by atoms with Crippen molar-refractivity contribution in [2.75, 3.05) is 20.8 Å². The maximum absolute atomic E-state index is 12.2. The monoisotopic (exact) mass is 288 g/mol. The highest BCUT2D eigenvalue weighted by molar-refractivity contribution is 7.89. The van der Waals surface area contributed by atoms with E-state index in [1.54, 1.807) is 19.9 Å². The number of ether oxygens (including phenoxy) is 2. The smallest absolute Gasteiger partial charge is 0.241 e. The third-order valence-electron chi connectivity index (χ3n) is 2.57. The lowest BCUT2D eigenvalue weighted by Crippen LogP contribution is -2.35. The highest BCUT2D eigenvalue weighted by Crippen LogP contribution is 2.32. The second kappa shape index (κ2) is 6.23. The van der Waals surface area contributed by atoms with Crippen molar-refractivity contribution in [2.45, 2.75) is 24.8 Å². The van der Waals surface area contributed by atoms with E-state index >= 15 is 0 Å². The molecule has 7 heteroatoms. The zero-order chi connectivity index (χ0) is 14.6. The van der Waals surface area contributed by atoms with Crippen LogP contribution in [0.5, 0.6) is 11.5 Å². The summed E-state index contributed by atoms with van der Waals surface area (Å²) in [7, 11) is -0.652. The standard InChI is InChI=1S/C12H20N2O4S/c1-8-5-10(17-3)11(18-4)6-12(8)19(15,16)14-7-9(2)13/h5-6,9,14H,7,13H2,1-4H3. The maximum Gasteiger partial charge on any atom is 0.241 e. The minimum atomic E-state index is -3.61. The Bertz CT molecular complexity index is 541. The Hall–Kier alpha value is -1.31. The number of sulfonamides is 1. The molecule has 1 unspecified atom stereocenters. The first-order valence-corrected chi connectivity index (χ1v) is 7.28. The van der Waals surface area contributed by atoms with E-state index in [2.05, 4.69) is 4.72 Å². The Morgan fingerprint density at radius 3 is 2.26 bits per heavy atom. The molecule has 108 valence electrons. The van der Waals surface area contributed by atoms with Crippen LogP contribution in [-0.2, 0) is 10.0 Å². The molecule has 1 rings (SSSR count). The molecule has 0 saturated heterocycles. The number of hydrogen-bond donors (Lipinski definition) is 2. The van der Waals surface area contributed by atoms with Gasteiger partial charge in [-0.05, 0) is 25.5 Å². The number of nitrogens with one attached hydrogen (secondary N) is 1. The van der Waals surface area contributed by atoms with Gasteiger partial charge in [0, 0.05) is 18.7 Å². The highest BCUT2D eigenvalue weighted by Gasteiger charge is 2.20. The van der Waals surface area contributed by atoms with Crippen LogP contribution in [0.4, 0.5) is 0 Å². The lowest BCUT2D eigenvalue weighted by molar-refractivity contribution is 0.353. The molecule has 6 nitrogen and oxygen atoms in total. The Morgan fingerprint density at radius 1 is 1.26 bits per heavy atom. The van der Waals surface area contributed by atoms with Gasteiger partial charge in [0.15, 0.2) is 11.5 Å². The highest BCUT2D eigenvalue weighted by atomic mass is 32.2. The minimum absolute atomic E-state index is 0.158. The molecule has 0 aliphatic carbocycles. The van der Waals surface area contributed by atoms with Gasteiger partial charge in [0.05, 0.1) is 19.1 Å². The van der Waals surface area contributed by atoms with Crippen LogP contribution >= 0.6 is 0 Å². The summed E-state index contributed by atoms with van der Waals surface area (Å²) in [6.07, 6.45) is 0. The quantitative estimate of drug-likeness (QED) is 0.801. The molecule has 0 aliphatic rings. The molecule has 0 saturated carbocycles. The van der Waals surface area contributed by atoms with Crippen molar-refractivity contribution in [2.24, 2.45) is 5.73 Å². The Balaban J connectivity index is 3.19. The second-order valence-corrected chi connectivity index (χ2v) is 6.04. The van der Waals surface area contributed by atoms with Crippen LogP contribution in [0.25, 0.3) is 0 Å². The molecule has 0 radical (unpaired) electrons. The van der Waals surface area contributed by atoms with Crippen LogP contribution < -0.4 is 19.9 Å². The molecule has 19 heavy (non-hydrogen) atoms. The molecular weight excluding hydrogens is 268 g/mol. The average Bonchev–Trinajstić information content (AvgIpc) is 2.35. The number of methoxy groups -OCH3 is 2. The van der Waals surface area contributed by atoms with E-state index in [4.69, 9.17) is 15.2 Å². The molecule has 0 aromatic heterocycles. The SMILES string of the molecule is COc1cc(C)c(S(=O)(=O)NCC(C)N)cc1OC. The van der Waals surface area contributed by atoms with Crippen molar-refractivity contribution in [3.63, 3.8) is 0 Å². The largest absolute Gasteiger partial charge is 0.493 e. The molecule has 3 N–H and O–H groups in total. The molecular formula is C12H20N2O4S. The van der Waals surface area contributed by atoms with Crippen LogP contribution in [-0.4, -0.2) is 35.2 Å². The van der Waals surface area contributed by atoms with E-state index in [0.29, 0.717) is 17.1 Å². The summed E-state index contributed by atoms with van der Waals surface area (Å²) in [4.78, 5) is 0.158. The number of aryl methyl sites for hydroxylation is 1. The van der Waals surface area contributed by atoms with Crippen LogP contribution in [0.2, 0.25) is 0 Å². The van der Waals surface area contributed by atoms with Gasteiger partial charge >= 0.3 is 0 Å². The van der Waals surface area contributed by atoms with Gasteiger partial charge in [-0.2, -0.15) is 0 Å². The van der Waals surface area contributed by atoms with Crippen LogP contribution in [0, 0.1) is 6.92 Å². The average molecular weight is 288 g/mol. The number of benzene rings is 1. The van der Waals surface area contributed by atoms with Gasteiger partial charge in [0.2, 0.25) is 10.0 Å². The third-order valence-corrected chi connectivity index (χ3v) is 4.13. The van der Waals surface area contributed by atoms with E-state index in [9.17, 15) is 8.42 Å². The Kier molecular flexibility index (Phi) is 5.16. The lowest BCUT2D eigenvalue weighted by Gasteiger charge is -2.14. The number of nitrogens with two attached hydrogens (primary N) is 1. The van der Waals surface area contributed by atoms with Crippen molar-refractivity contribution < 1.29 is 17.9 Å². The predicted octanol–water partition coefficient (Wildman–Crippen LogP) is 0.638. The fourth-order valence-corrected chi connectivity index (χ4v) is 2.95. The Labute approximate surface area is 113 Å². The Morgan fingerprint density at radius 2 is 1.79 bits per heavy atom. The lowest BCUT2D eigenvalue weighted by atomic mass is 10.2. The van der Waals surface area contributed by atoms with E-state index < -0.39 is 10.0 Å². The van der Waals surface area contributed by atoms with Gasteiger partial charge < -0.3 is 15.2 Å². The zero-order valence-corrected chi connectivity index (χ0v) is 12.4. The topological polar surface area (TPSA) is 90.7 Å². The van der Waals surface area contributed by atoms with E-state index in [-0.39, 0.29) is 17.5 Å². The first-order valence-electron chi connectivity index (χ1n) is 5.79. The fraction of sp³-hybridized carbons (Fsp3) is 0.500. The third kappa shape index (κ3) is 3.82.